The van der Waals surface area contributed by atoms with E-state index in [2.05, 4.69) is 4.90 Å². The maximum Gasteiger partial charge on any atom is 0.328 e. The maximum absolute atomic E-state index is 11.6. The van der Waals surface area contributed by atoms with Crippen LogP contribution in [-0.2, 0) is 16.1 Å². The Morgan fingerprint density at radius 1 is 1.47 bits per heavy atom. The molecular formula is C13H17NO3. The van der Waals surface area contributed by atoms with Crippen LogP contribution in [0.25, 0.3) is 0 Å². The summed E-state index contributed by atoms with van der Waals surface area (Å²) in [5.41, 5.74) is 1.89. The molecule has 4 nitrogen and oxygen atoms in total. The van der Waals surface area contributed by atoms with E-state index in [1.807, 2.05) is 24.3 Å². The van der Waals surface area contributed by atoms with E-state index in [-0.39, 0.29) is 18.6 Å². The molecule has 1 aromatic rings. The monoisotopic (exact) mass is 235 g/mol. The summed E-state index contributed by atoms with van der Waals surface area (Å²) in [6.45, 7) is 0.916. The Morgan fingerprint density at radius 2 is 2.18 bits per heavy atom. The third kappa shape index (κ3) is 2.42. The van der Waals surface area contributed by atoms with Crippen LogP contribution < -0.4 is 4.90 Å². The molecule has 0 aromatic heterocycles. The van der Waals surface area contributed by atoms with Crippen LogP contribution in [0.5, 0.6) is 0 Å². The first-order valence-electron chi connectivity index (χ1n) is 5.80. The number of hydrogen-bond acceptors (Lipinski definition) is 4. The Bertz CT molecular complexity index is 388. The molecule has 1 aliphatic rings. The number of rotatable bonds is 3. The van der Waals surface area contributed by atoms with Crippen molar-refractivity contribution >= 4 is 11.7 Å². The van der Waals surface area contributed by atoms with E-state index in [9.17, 15) is 4.79 Å². The Hall–Kier alpha value is -1.55. The van der Waals surface area contributed by atoms with Gasteiger partial charge in [0.05, 0.1) is 13.7 Å². The third-order valence-electron chi connectivity index (χ3n) is 3.18. The predicted molar refractivity (Wildman–Crippen MR) is 64.7 cm³/mol. The van der Waals surface area contributed by atoms with Crippen LogP contribution in [0.15, 0.2) is 24.3 Å². The smallest absolute Gasteiger partial charge is 0.328 e. The number of ether oxygens (including phenoxy) is 1. The summed E-state index contributed by atoms with van der Waals surface area (Å²) in [6.07, 6.45) is 1.84. The molecule has 0 radical (unpaired) electrons. The third-order valence-corrected chi connectivity index (χ3v) is 3.18. The van der Waals surface area contributed by atoms with E-state index in [4.69, 9.17) is 9.84 Å². The number of carbonyl (C=O) groups is 1. The molecule has 0 amide bonds. The van der Waals surface area contributed by atoms with Crippen molar-refractivity contribution in [1.29, 1.82) is 0 Å². The molecule has 2 rings (SSSR count). The second-order valence-electron chi connectivity index (χ2n) is 4.20. The van der Waals surface area contributed by atoms with Crippen LogP contribution in [0, 0.1) is 0 Å². The lowest BCUT2D eigenvalue weighted by atomic mass is 10.2. The summed E-state index contributed by atoms with van der Waals surface area (Å²) >= 11 is 0. The lowest BCUT2D eigenvalue weighted by Crippen LogP contribution is -2.36. The molecule has 0 unspecified atom stereocenters. The lowest BCUT2D eigenvalue weighted by molar-refractivity contribution is -0.141. The van der Waals surface area contributed by atoms with Gasteiger partial charge in [-0.25, -0.2) is 4.79 Å². The zero-order valence-corrected chi connectivity index (χ0v) is 9.93. The van der Waals surface area contributed by atoms with Crippen molar-refractivity contribution < 1.29 is 14.6 Å². The Kier molecular flexibility index (Phi) is 3.64. The zero-order valence-electron chi connectivity index (χ0n) is 9.93. The minimum absolute atomic E-state index is 0.0424. The minimum atomic E-state index is -0.172. The molecule has 0 saturated carbocycles. The molecule has 92 valence electrons. The number of nitrogens with zero attached hydrogens (tertiary/aromatic N) is 1. The molecule has 1 aliphatic heterocycles. The molecule has 0 bridgehead atoms. The maximum atomic E-state index is 11.6. The highest BCUT2D eigenvalue weighted by Gasteiger charge is 2.31. The second kappa shape index (κ2) is 5.19. The SMILES string of the molecule is COC(=O)[C@H]1CCCN1c1ccc(CO)cc1. The average molecular weight is 235 g/mol. The van der Waals surface area contributed by atoms with Crippen LogP contribution in [0.1, 0.15) is 18.4 Å². The van der Waals surface area contributed by atoms with Gasteiger partial charge in [-0.1, -0.05) is 12.1 Å². The molecule has 0 aliphatic carbocycles. The predicted octanol–water partition coefficient (Wildman–Crippen LogP) is 1.32. The number of esters is 1. The van der Waals surface area contributed by atoms with Crippen LogP contribution in [-0.4, -0.2) is 30.8 Å². The Labute approximate surface area is 101 Å². The number of aliphatic hydroxyl groups excluding tert-OH is 1. The zero-order chi connectivity index (χ0) is 12.3. The number of aliphatic hydroxyl groups is 1. The minimum Gasteiger partial charge on any atom is -0.467 e. The highest BCUT2D eigenvalue weighted by atomic mass is 16.5. The topological polar surface area (TPSA) is 49.8 Å². The molecule has 17 heavy (non-hydrogen) atoms. The van der Waals surface area contributed by atoms with E-state index in [1.165, 1.54) is 7.11 Å². The second-order valence-corrected chi connectivity index (χ2v) is 4.20. The van der Waals surface area contributed by atoms with E-state index >= 15 is 0 Å². The molecule has 4 heteroatoms. The standard InChI is InChI=1S/C13H17NO3/c1-17-13(16)12-3-2-8-14(12)11-6-4-10(9-15)5-7-11/h4-7,12,15H,2-3,8-9H2,1H3/t12-/m1/s1. The highest BCUT2D eigenvalue weighted by molar-refractivity contribution is 5.80. The summed E-state index contributed by atoms with van der Waals surface area (Å²) in [4.78, 5) is 13.7. The summed E-state index contributed by atoms with van der Waals surface area (Å²) < 4.78 is 4.81. The summed E-state index contributed by atoms with van der Waals surface area (Å²) in [7, 11) is 1.42. The fraction of sp³-hybridized carbons (Fsp3) is 0.462. The van der Waals surface area contributed by atoms with Gasteiger partial charge in [0.1, 0.15) is 6.04 Å². The number of hydrogen-bond donors (Lipinski definition) is 1. The van der Waals surface area contributed by atoms with Crippen molar-refractivity contribution in [3.63, 3.8) is 0 Å². The van der Waals surface area contributed by atoms with E-state index in [1.54, 1.807) is 0 Å². The van der Waals surface area contributed by atoms with Crippen molar-refractivity contribution in [3.05, 3.63) is 29.8 Å². The fourth-order valence-electron chi connectivity index (χ4n) is 2.25. The van der Waals surface area contributed by atoms with Crippen LogP contribution in [0.2, 0.25) is 0 Å². The first kappa shape index (κ1) is 11.9. The van der Waals surface area contributed by atoms with Gasteiger partial charge in [-0.3, -0.25) is 0 Å². The Balaban J connectivity index is 2.17. The van der Waals surface area contributed by atoms with Crippen molar-refractivity contribution in [1.82, 2.24) is 0 Å². The van der Waals surface area contributed by atoms with Crippen molar-refractivity contribution in [2.45, 2.75) is 25.5 Å². The van der Waals surface area contributed by atoms with Gasteiger partial charge < -0.3 is 14.7 Å². The van der Waals surface area contributed by atoms with Gasteiger partial charge >= 0.3 is 5.97 Å². The quantitative estimate of drug-likeness (QED) is 0.803. The number of benzene rings is 1. The average Bonchev–Trinajstić information content (AvgIpc) is 2.87. The Morgan fingerprint density at radius 3 is 2.76 bits per heavy atom. The van der Waals surface area contributed by atoms with Gasteiger partial charge in [-0.2, -0.15) is 0 Å². The van der Waals surface area contributed by atoms with Crippen LogP contribution in [0.4, 0.5) is 5.69 Å². The molecule has 1 N–H and O–H groups in total. The largest absolute Gasteiger partial charge is 0.467 e. The number of anilines is 1. The molecule has 1 saturated heterocycles. The van der Waals surface area contributed by atoms with Crippen molar-refractivity contribution in [2.24, 2.45) is 0 Å². The molecule has 1 atom stereocenters. The summed E-state index contributed by atoms with van der Waals surface area (Å²) in [5.74, 6) is -0.172. The van der Waals surface area contributed by atoms with Gasteiger partial charge in [-0.05, 0) is 30.5 Å². The van der Waals surface area contributed by atoms with Crippen LogP contribution >= 0.6 is 0 Å². The molecule has 0 spiro atoms. The highest BCUT2D eigenvalue weighted by Crippen LogP contribution is 2.26. The first-order chi connectivity index (χ1) is 8.26. The van der Waals surface area contributed by atoms with Gasteiger partial charge in [0.15, 0.2) is 0 Å². The summed E-state index contributed by atoms with van der Waals surface area (Å²) in [5, 5.41) is 8.98. The molecular weight excluding hydrogens is 218 g/mol. The van der Waals surface area contributed by atoms with Crippen LogP contribution in [0.3, 0.4) is 0 Å². The molecule has 1 fully saturated rings. The molecule has 1 heterocycles. The first-order valence-corrected chi connectivity index (χ1v) is 5.80. The summed E-state index contributed by atoms with van der Waals surface area (Å²) in [6, 6.07) is 7.46. The van der Waals surface area contributed by atoms with E-state index in [0.29, 0.717) is 0 Å². The normalized spacial score (nSPS) is 19.4. The molecule has 1 aromatic carbocycles. The van der Waals surface area contributed by atoms with Crippen molar-refractivity contribution in [3.8, 4) is 0 Å². The lowest BCUT2D eigenvalue weighted by Gasteiger charge is -2.24. The number of methoxy groups -OCH3 is 1. The van der Waals surface area contributed by atoms with Gasteiger partial charge in [0.25, 0.3) is 0 Å². The fourth-order valence-corrected chi connectivity index (χ4v) is 2.25. The number of carbonyl (C=O) groups excluding carboxylic acids is 1. The van der Waals surface area contributed by atoms with E-state index < -0.39 is 0 Å². The van der Waals surface area contributed by atoms with Crippen molar-refractivity contribution in [2.75, 3.05) is 18.6 Å². The van der Waals surface area contributed by atoms with Gasteiger partial charge in [-0.15, -0.1) is 0 Å². The van der Waals surface area contributed by atoms with Gasteiger partial charge in [0, 0.05) is 12.2 Å². The van der Waals surface area contributed by atoms with Gasteiger partial charge in [0.2, 0.25) is 0 Å². The van der Waals surface area contributed by atoms with E-state index in [0.717, 1.165) is 30.6 Å².